The Labute approximate surface area is 111 Å². The monoisotopic (exact) mass is 282 g/mol. The third-order valence-corrected chi connectivity index (χ3v) is 2.13. The van der Waals surface area contributed by atoms with Crippen molar-refractivity contribution in [2.45, 2.75) is 13.0 Å². The lowest BCUT2D eigenvalue weighted by Gasteiger charge is -2.01. The molecule has 0 aliphatic carbocycles. The first-order valence-electron chi connectivity index (χ1n) is 5.56. The Balaban J connectivity index is 0.000000312. The third-order valence-electron chi connectivity index (χ3n) is 2.13. The van der Waals surface area contributed by atoms with Crippen LogP contribution in [0.2, 0.25) is 0 Å². The fraction of sp³-hybridized carbons (Fsp3) is 0.167. The van der Waals surface area contributed by atoms with Crippen LogP contribution in [0.1, 0.15) is 5.69 Å². The lowest BCUT2D eigenvalue weighted by Crippen LogP contribution is -2.33. The van der Waals surface area contributed by atoms with Crippen molar-refractivity contribution in [1.82, 2.24) is 4.98 Å². The summed E-state index contributed by atoms with van der Waals surface area (Å²) in [5.41, 5.74) is 1.14. The Bertz CT molecular complexity index is 468. The molecule has 2 N–H and O–H groups in total. The van der Waals surface area contributed by atoms with Gasteiger partial charge in [0.15, 0.2) is 18.9 Å². The molecule has 0 amide bonds. The first-order chi connectivity index (χ1) is 8.95. The minimum absolute atomic E-state index is 0.982. The first kappa shape index (κ1) is 15.5. The summed E-state index contributed by atoms with van der Waals surface area (Å²) in [5.74, 6) is 0. The van der Waals surface area contributed by atoms with Crippen molar-refractivity contribution >= 4 is 7.82 Å². The van der Waals surface area contributed by atoms with Gasteiger partial charge in [-0.2, -0.15) is 0 Å². The van der Waals surface area contributed by atoms with Crippen LogP contribution >= 0.6 is 7.82 Å². The molecule has 0 spiro atoms. The van der Waals surface area contributed by atoms with Gasteiger partial charge in [-0.15, -0.1) is 0 Å². The predicted molar refractivity (Wildman–Crippen MR) is 66.6 cm³/mol. The van der Waals surface area contributed by atoms with Crippen LogP contribution in [0.5, 0.6) is 0 Å². The number of phosphoric acid groups is 1. The van der Waals surface area contributed by atoms with E-state index in [0.29, 0.717) is 0 Å². The van der Waals surface area contributed by atoms with Crippen LogP contribution in [0.15, 0.2) is 55.0 Å². The summed E-state index contributed by atoms with van der Waals surface area (Å²) in [6.45, 7) is 0.984. The van der Waals surface area contributed by atoms with Crippen LogP contribution in [-0.4, -0.2) is 14.8 Å². The fourth-order valence-corrected chi connectivity index (χ4v) is 1.37. The summed E-state index contributed by atoms with van der Waals surface area (Å²) in [5, 5.41) is 0. The van der Waals surface area contributed by atoms with Crippen molar-refractivity contribution in [3.8, 4) is 0 Å². The zero-order valence-corrected chi connectivity index (χ0v) is 11.1. The Morgan fingerprint density at radius 3 is 2.32 bits per heavy atom. The molecule has 0 aliphatic rings. The van der Waals surface area contributed by atoms with Gasteiger partial charge in [-0.05, 0) is 12.1 Å². The molecule has 0 fully saturated rings. The minimum atomic E-state index is -4.89. The van der Waals surface area contributed by atoms with Crippen molar-refractivity contribution < 1.29 is 23.8 Å². The zero-order valence-electron chi connectivity index (χ0n) is 10.2. The fourth-order valence-electron chi connectivity index (χ4n) is 1.37. The average molecular weight is 282 g/mol. The number of rotatable bonds is 3. The predicted octanol–water partition coefficient (Wildman–Crippen LogP) is 0.0512. The normalized spacial score (nSPS) is 10.5. The van der Waals surface area contributed by atoms with Gasteiger partial charge >= 0.3 is 0 Å². The van der Waals surface area contributed by atoms with Crippen molar-refractivity contribution in [2.24, 2.45) is 0 Å². The summed E-state index contributed by atoms with van der Waals surface area (Å²) in [6.07, 6.45) is 6.96. The molecule has 2 aromatic heterocycles. The lowest BCUT2D eigenvalue weighted by molar-refractivity contribution is -0.696. The zero-order chi connectivity index (χ0) is 14.1. The molecule has 0 radical (unpaired) electrons. The Kier molecular flexibility index (Phi) is 6.32. The summed E-state index contributed by atoms with van der Waals surface area (Å²) in [6, 6.07) is 12.1. The maximum atomic E-state index is 8.77. The van der Waals surface area contributed by atoms with E-state index in [-0.39, 0.29) is 0 Å². The van der Waals surface area contributed by atoms with Crippen LogP contribution in [0.4, 0.5) is 0 Å². The van der Waals surface area contributed by atoms with E-state index in [1.807, 2.05) is 36.5 Å². The van der Waals surface area contributed by atoms with E-state index in [1.54, 1.807) is 0 Å². The van der Waals surface area contributed by atoms with E-state index in [2.05, 4.69) is 28.0 Å². The van der Waals surface area contributed by atoms with Gasteiger partial charge in [-0.3, -0.25) is 9.55 Å². The second kappa shape index (κ2) is 7.76. The highest BCUT2D eigenvalue weighted by molar-refractivity contribution is 7.43. The maximum absolute atomic E-state index is 8.77. The smallest absolute Gasteiger partial charge is 0.262 e. The van der Waals surface area contributed by atoms with Crippen molar-refractivity contribution in [2.75, 3.05) is 0 Å². The molecule has 2 aromatic rings. The van der Waals surface area contributed by atoms with Crippen molar-refractivity contribution in [3.05, 3.63) is 60.7 Å². The topological polar surface area (TPSA) is 97.4 Å². The molecule has 0 saturated heterocycles. The van der Waals surface area contributed by atoms with E-state index in [9.17, 15) is 0 Å². The van der Waals surface area contributed by atoms with Gasteiger partial charge in [0.2, 0.25) is 0 Å². The number of hydrogen-bond donors (Lipinski definition) is 2. The number of aryl methyl sites for hydroxylation is 2. The van der Waals surface area contributed by atoms with Crippen LogP contribution in [0.25, 0.3) is 0 Å². The highest BCUT2D eigenvalue weighted by atomic mass is 31.2. The largest absolute Gasteiger partial charge is 0.756 e. The molecule has 2 rings (SSSR count). The highest BCUT2D eigenvalue weighted by Crippen LogP contribution is 2.18. The molecule has 7 heteroatoms. The summed E-state index contributed by atoms with van der Waals surface area (Å²) in [4.78, 5) is 27.2. The van der Waals surface area contributed by atoms with Crippen LogP contribution in [-0.2, 0) is 17.5 Å². The molecular formula is C12H15N2O4P. The molecule has 0 unspecified atom stereocenters. The van der Waals surface area contributed by atoms with Crippen LogP contribution in [0.3, 0.4) is 0 Å². The van der Waals surface area contributed by atoms with Crippen molar-refractivity contribution in [3.63, 3.8) is 0 Å². The van der Waals surface area contributed by atoms with Gasteiger partial charge in [0.1, 0.15) is 0 Å². The molecule has 0 aromatic carbocycles. The second-order valence-corrected chi connectivity index (χ2v) is 4.66. The number of nitrogens with zero attached hydrogens (tertiary/aromatic N) is 2. The minimum Gasteiger partial charge on any atom is -0.756 e. The van der Waals surface area contributed by atoms with Gasteiger partial charge in [-0.1, -0.05) is 12.1 Å². The van der Waals surface area contributed by atoms with Gasteiger partial charge in [0.05, 0.1) is 0 Å². The van der Waals surface area contributed by atoms with E-state index >= 15 is 0 Å². The van der Waals surface area contributed by atoms with Gasteiger partial charge in [0, 0.05) is 30.4 Å². The van der Waals surface area contributed by atoms with Gasteiger partial charge in [0.25, 0.3) is 7.82 Å². The molecular weight excluding hydrogens is 267 g/mol. The van der Waals surface area contributed by atoms with E-state index in [1.165, 1.54) is 0 Å². The van der Waals surface area contributed by atoms with Crippen LogP contribution in [0, 0.1) is 0 Å². The Morgan fingerprint density at radius 2 is 1.79 bits per heavy atom. The second-order valence-electron chi connectivity index (χ2n) is 3.67. The number of pyridine rings is 2. The van der Waals surface area contributed by atoms with E-state index in [4.69, 9.17) is 19.2 Å². The number of hydrogen-bond acceptors (Lipinski definition) is 3. The standard InChI is InChI=1S/C12H13N2.H3O4P/c1-4-9-14(10-5-1)11-7-12-6-2-3-8-13-12;1-5(2,3)4/h1-6,8-10H,7,11H2;(H3,1,2,3,4)/q+1;/p-1. The maximum Gasteiger partial charge on any atom is 0.262 e. The summed E-state index contributed by atoms with van der Waals surface area (Å²) >= 11 is 0. The van der Waals surface area contributed by atoms with Gasteiger partial charge in [-0.25, -0.2) is 4.57 Å². The molecule has 2 heterocycles. The Morgan fingerprint density at radius 1 is 1.16 bits per heavy atom. The van der Waals surface area contributed by atoms with Gasteiger partial charge < -0.3 is 14.7 Å². The van der Waals surface area contributed by atoms with Crippen LogP contribution < -0.4 is 9.46 Å². The summed E-state index contributed by atoms with van der Waals surface area (Å²) in [7, 11) is -4.89. The molecule has 0 aliphatic heterocycles. The lowest BCUT2D eigenvalue weighted by atomic mass is 10.2. The summed E-state index contributed by atoms with van der Waals surface area (Å²) < 4.78 is 10.9. The van der Waals surface area contributed by atoms with E-state index in [0.717, 1.165) is 18.7 Å². The molecule has 6 nitrogen and oxygen atoms in total. The van der Waals surface area contributed by atoms with E-state index < -0.39 is 7.82 Å². The number of aromatic nitrogens is 2. The molecule has 19 heavy (non-hydrogen) atoms. The average Bonchev–Trinajstić information content (AvgIpc) is 2.37. The highest BCUT2D eigenvalue weighted by Gasteiger charge is 1.99. The molecule has 0 bridgehead atoms. The first-order valence-corrected chi connectivity index (χ1v) is 7.09. The quantitative estimate of drug-likeness (QED) is 0.612. The SMILES string of the molecule is O=P([O-])(O)O.c1cc[n+](CCc2ccccn2)cc1. The molecule has 0 saturated carbocycles. The third kappa shape index (κ3) is 9.04. The Hall–Kier alpha value is -1.59. The van der Waals surface area contributed by atoms with Crippen molar-refractivity contribution in [1.29, 1.82) is 0 Å². The molecule has 0 atom stereocenters. The molecule has 102 valence electrons.